The number of nitro groups is 1. The normalized spacial score (nSPS) is 38.5. The van der Waals surface area contributed by atoms with E-state index in [0.29, 0.717) is 0 Å². The summed E-state index contributed by atoms with van der Waals surface area (Å²) in [6.45, 7) is 3.49. The molecule has 4 aliphatic rings. The molecule has 8 heteroatoms. The van der Waals surface area contributed by atoms with E-state index in [1.165, 1.54) is 12.1 Å². The maximum atomic E-state index is 13.2. The second-order valence-electron chi connectivity index (χ2n) is 7.20. The van der Waals surface area contributed by atoms with Gasteiger partial charge in [-0.05, 0) is 26.0 Å². The zero-order valence-electron chi connectivity index (χ0n) is 13.8. The average Bonchev–Trinajstić information content (AvgIpc) is 2.91. The van der Waals surface area contributed by atoms with E-state index >= 15 is 0 Å². The minimum atomic E-state index is -3.89. The van der Waals surface area contributed by atoms with Gasteiger partial charge in [-0.1, -0.05) is 30.4 Å². The minimum Gasteiger partial charge on any atom is -0.344 e. The summed E-state index contributed by atoms with van der Waals surface area (Å²) in [6, 6.07) is 6.65. The van der Waals surface area contributed by atoms with E-state index in [0.717, 1.165) is 0 Å². The van der Waals surface area contributed by atoms with Crippen molar-refractivity contribution in [3.05, 3.63) is 52.6 Å². The van der Waals surface area contributed by atoms with Gasteiger partial charge in [-0.25, -0.2) is 8.42 Å². The fourth-order valence-corrected chi connectivity index (χ4v) is 6.52. The maximum Gasteiger partial charge on any atom is 0.239 e. The fourth-order valence-electron chi connectivity index (χ4n) is 4.36. The molecule has 1 saturated carbocycles. The highest BCUT2D eigenvalue weighted by atomic mass is 32.2. The first-order chi connectivity index (χ1) is 11.7. The molecule has 25 heavy (non-hydrogen) atoms. The molecule has 0 radical (unpaired) electrons. The summed E-state index contributed by atoms with van der Waals surface area (Å²) in [7, 11) is -3.89. The van der Waals surface area contributed by atoms with Gasteiger partial charge in [0.15, 0.2) is 15.6 Å². The van der Waals surface area contributed by atoms with Crippen LogP contribution in [0.4, 0.5) is 0 Å². The number of fused-ring (bicyclic) bond motifs is 1. The lowest BCUT2D eigenvalue weighted by molar-refractivity contribution is -0.537. The zero-order valence-corrected chi connectivity index (χ0v) is 14.6. The molecule has 134 valence electrons. The number of nitrogens with zero attached hydrogens (tertiary/aromatic N) is 1. The molecule has 0 N–H and O–H groups in total. The van der Waals surface area contributed by atoms with Crippen LogP contribution in [0.3, 0.4) is 0 Å². The van der Waals surface area contributed by atoms with Crippen LogP contribution in [0.5, 0.6) is 0 Å². The third-order valence-corrected chi connectivity index (χ3v) is 7.50. The SMILES string of the molecule is CC1(C)OC2C3C=CC(C2O1)C(S(=O)(=O)c1ccccc1)C3[N+](=O)[O-]. The smallest absolute Gasteiger partial charge is 0.239 e. The quantitative estimate of drug-likeness (QED) is 0.460. The van der Waals surface area contributed by atoms with Crippen LogP contribution in [0.25, 0.3) is 0 Å². The molecule has 6 unspecified atom stereocenters. The van der Waals surface area contributed by atoms with Crippen molar-refractivity contribution in [2.45, 2.75) is 48.0 Å². The van der Waals surface area contributed by atoms with E-state index in [1.54, 1.807) is 44.2 Å². The molecule has 7 nitrogen and oxygen atoms in total. The summed E-state index contributed by atoms with van der Waals surface area (Å²) in [5, 5.41) is 10.6. The standard InChI is InChI=1S/C17H19NO6S/c1-17(2)23-14-11-8-9-12(15(14)24-17)16(13(11)18(19)20)25(21,22)10-6-4-3-5-7-10/h3-9,11-16H,1-2H3. The molecular weight excluding hydrogens is 346 g/mol. The number of rotatable bonds is 3. The van der Waals surface area contributed by atoms with Gasteiger partial charge in [-0.15, -0.1) is 0 Å². The van der Waals surface area contributed by atoms with E-state index in [1.807, 2.05) is 0 Å². The zero-order chi connectivity index (χ0) is 18.0. The summed E-state index contributed by atoms with van der Waals surface area (Å²) in [4.78, 5) is 11.4. The van der Waals surface area contributed by atoms with Crippen LogP contribution < -0.4 is 0 Å². The lowest BCUT2D eigenvalue weighted by Gasteiger charge is -2.44. The Hall–Kier alpha value is -1.77. The van der Waals surface area contributed by atoms with E-state index < -0.39 is 55.9 Å². The molecule has 5 rings (SSSR count). The first kappa shape index (κ1) is 16.7. The van der Waals surface area contributed by atoms with Crippen LogP contribution in [0.1, 0.15) is 13.8 Å². The van der Waals surface area contributed by atoms with E-state index in [4.69, 9.17) is 9.47 Å². The Morgan fingerprint density at radius 3 is 2.20 bits per heavy atom. The van der Waals surface area contributed by atoms with Crippen molar-refractivity contribution in [3.8, 4) is 0 Å². The monoisotopic (exact) mass is 365 g/mol. The van der Waals surface area contributed by atoms with Gasteiger partial charge < -0.3 is 9.47 Å². The third-order valence-electron chi connectivity index (χ3n) is 5.26. The Labute approximate surface area is 145 Å². The third kappa shape index (κ3) is 2.43. The van der Waals surface area contributed by atoms with Crippen molar-refractivity contribution in [3.63, 3.8) is 0 Å². The van der Waals surface area contributed by atoms with Crippen LogP contribution >= 0.6 is 0 Å². The van der Waals surface area contributed by atoms with Crippen LogP contribution in [-0.2, 0) is 19.3 Å². The topological polar surface area (TPSA) is 95.7 Å². The van der Waals surface area contributed by atoms with Crippen molar-refractivity contribution in [1.82, 2.24) is 0 Å². The first-order valence-corrected chi connectivity index (χ1v) is 9.73. The van der Waals surface area contributed by atoms with Crippen LogP contribution in [-0.4, -0.2) is 42.6 Å². The predicted octanol–water partition coefficient (Wildman–Crippen LogP) is 1.81. The molecular formula is C17H19NO6S. The number of sulfone groups is 1. The van der Waals surface area contributed by atoms with E-state index in [2.05, 4.69) is 0 Å². The average molecular weight is 365 g/mol. The summed E-state index contributed by atoms with van der Waals surface area (Å²) in [5.41, 5.74) is 0. The highest BCUT2D eigenvalue weighted by Gasteiger charge is 2.66. The van der Waals surface area contributed by atoms with Gasteiger partial charge in [0.25, 0.3) is 0 Å². The Morgan fingerprint density at radius 1 is 1.04 bits per heavy atom. The second-order valence-corrected chi connectivity index (χ2v) is 9.31. The molecule has 3 aliphatic carbocycles. The van der Waals surface area contributed by atoms with Gasteiger partial charge in [0.2, 0.25) is 6.04 Å². The fraction of sp³-hybridized carbons (Fsp3) is 0.529. The molecule has 2 bridgehead atoms. The Bertz CT molecular complexity index is 834. The Balaban J connectivity index is 1.82. The predicted molar refractivity (Wildman–Crippen MR) is 88.1 cm³/mol. The Morgan fingerprint density at radius 2 is 1.60 bits per heavy atom. The van der Waals surface area contributed by atoms with Crippen molar-refractivity contribution in [2.24, 2.45) is 11.8 Å². The lowest BCUT2D eigenvalue weighted by atomic mass is 9.69. The number of hydrogen-bond acceptors (Lipinski definition) is 6. The first-order valence-electron chi connectivity index (χ1n) is 8.19. The van der Waals surface area contributed by atoms with E-state index in [9.17, 15) is 18.5 Å². The molecule has 0 aromatic heterocycles. The van der Waals surface area contributed by atoms with Crippen LogP contribution in [0, 0.1) is 22.0 Å². The maximum absolute atomic E-state index is 13.2. The summed E-state index contributed by atoms with van der Waals surface area (Å²) < 4.78 is 38.2. The van der Waals surface area contributed by atoms with Crippen molar-refractivity contribution in [2.75, 3.05) is 0 Å². The van der Waals surface area contributed by atoms with Gasteiger partial charge in [-0.2, -0.15) is 0 Å². The highest BCUT2D eigenvalue weighted by molar-refractivity contribution is 7.92. The molecule has 1 aromatic rings. The van der Waals surface area contributed by atoms with Crippen molar-refractivity contribution in [1.29, 1.82) is 0 Å². The Kier molecular flexibility index (Phi) is 3.58. The van der Waals surface area contributed by atoms with Crippen LogP contribution in [0.2, 0.25) is 0 Å². The molecule has 1 aromatic carbocycles. The van der Waals surface area contributed by atoms with Gasteiger partial charge in [0.1, 0.15) is 11.4 Å². The summed E-state index contributed by atoms with van der Waals surface area (Å²) in [6.07, 6.45) is 2.48. The number of benzene rings is 1. The van der Waals surface area contributed by atoms with Crippen LogP contribution in [0.15, 0.2) is 47.4 Å². The molecule has 1 heterocycles. The molecule has 1 saturated heterocycles. The second kappa shape index (κ2) is 5.36. The van der Waals surface area contributed by atoms with Crippen molar-refractivity contribution < 1.29 is 22.8 Å². The van der Waals surface area contributed by atoms with Gasteiger partial charge in [0, 0.05) is 10.8 Å². The molecule has 2 fully saturated rings. The highest BCUT2D eigenvalue weighted by Crippen LogP contribution is 2.50. The van der Waals surface area contributed by atoms with Gasteiger partial charge in [-0.3, -0.25) is 10.1 Å². The lowest BCUT2D eigenvalue weighted by Crippen LogP contribution is -2.63. The molecule has 6 atom stereocenters. The van der Waals surface area contributed by atoms with Gasteiger partial charge in [0.05, 0.1) is 16.9 Å². The summed E-state index contributed by atoms with van der Waals surface area (Å²) >= 11 is 0. The number of hydrogen-bond donors (Lipinski definition) is 0. The minimum absolute atomic E-state index is 0.0996. The molecule has 0 amide bonds. The molecule has 1 aliphatic heterocycles. The van der Waals surface area contributed by atoms with Crippen molar-refractivity contribution >= 4 is 9.84 Å². The van der Waals surface area contributed by atoms with E-state index in [-0.39, 0.29) is 4.90 Å². The van der Waals surface area contributed by atoms with Gasteiger partial charge >= 0.3 is 0 Å². The summed E-state index contributed by atoms with van der Waals surface area (Å²) in [5.74, 6) is -2.13. The number of ether oxygens (including phenoxy) is 2. The molecule has 0 spiro atoms. The largest absolute Gasteiger partial charge is 0.344 e.